The number of hydrogen-bond acceptors (Lipinski definition) is 9. The maximum atomic E-state index is 13.4. The number of ketones is 1. The van der Waals surface area contributed by atoms with Crippen LogP contribution in [0.4, 0.5) is 17.3 Å². The van der Waals surface area contributed by atoms with E-state index in [1.807, 2.05) is 25.1 Å². The summed E-state index contributed by atoms with van der Waals surface area (Å²) in [5.74, 6) is 1.11. The molecule has 1 aliphatic rings. The van der Waals surface area contributed by atoms with Crippen LogP contribution in [0.1, 0.15) is 52.6 Å². The highest BCUT2D eigenvalue weighted by atomic mass is 16.1. The van der Waals surface area contributed by atoms with Gasteiger partial charge in [0.2, 0.25) is 0 Å². The van der Waals surface area contributed by atoms with Crippen molar-refractivity contribution in [1.29, 1.82) is 0 Å². The summed E-state index contributed by atoms with van der Waals surface area (Å²) in [5.41, 5.74) is 8.79. The number of benzene rings is 1. The molecular formula is C28H31N9O2. The number of nitrogens with zero attached hydrogens (tertiary/aromatic N) is 7. The predicted octanol–water partition coefficient (Wildman–Crippen LogP) is 3.70. The molecule has 1 aliphatic heterocycles. The molecule has 1 amide bonds. The van der Waals surface area contributed by atoms with Crippen molar-refractivity contribution in [3.63, 3.8) is 0 Å². The van der Waals surface area contributed by atoms with Crippen LogP contribution >= 0.6 is 0 Å². The van der Waals surface area contributed by atoms with Gasteiger partial charge in [0.25, 0.3) is 5.91 Å². The maximum absolute atomic E-state index is 13.4. The van der Waals surface area contributed by atoms with E-state index in [1.54, 1.807) is 48.8 Å². The minimum absolute atomic E-state index is 0.0416. The van der Waals surface area contributed by atoms with Crippen molar-refractivity contribution in [2.24, 2.45) is 18.7 Å². The molecule has 5 rings (SSSR count). The fourth-order valence-corrected chi connectivity index (χ4v) is 5.14. The van der Waals surface area contributed by atoms with Crippen LogP contribution in [-0.2, 0) is 7.05 Å². The molecule has 0 unspecified atom stereocenters. The molecule has 0 bridgehead atoms. The summed E-state index contributed by atoms with van der Waals surface area (Å²) in [6.07, 6.45) is 10.7. The Kier molecular flexibility index (Phi) is 7.31. The number of aromatic nitrogens is 6. The molecule has 2 atom stereocenters. The van der Waals surface area contributed by atoms with Crippen LogP contribution in [-0.4, -0.2) is 54.0 Å². The minimum Gasteiger partial charge on any atom is -0.364 e. The Morgan fingerprint density at radius 3 is 2.64 bits per heavy atom. The Morgan fingerprint density at radius 1 is 1.15 bits per heavy atom. The smallest absolute Gasteiger partial charge is 0.271 e. The summed E-state index contributed by atoms with van der Waals surface area (Å²) in [4.78, 5) is 45.2. The Balaban J connectivity index is 1.33. The molecule has 200 valence electrons. The van der Waals surface area contributed by atoms with Crippen LogP contribution in [0.3, 0.4) is 0 Å². The van der Waals surface area contributed by atoms with Gasteiger partial charge in [0.1, 0.15) is 5.82 Å². The summed E-state index contributed by atoms with van der Waals surface area (Å²) in [6, 6.07) is 7.56. The van der Waals surface area contributed by atoms with E-state index in [4.69, 9.17) is 10.7 Å². The Hall–Kier alpha value is -4.67. The number of aryl methyl sites for hydroxylation is 2. The number of anilines is 3. The summed E-state index contributed by atoms with van der Waals surface area (Å²) in [7, 11) is 1.80. The first-order valence-electron chi connectivity index (χ1n) is 12.9. The van der Waals surface area contributed by atoms with E-state index in [2.05, 4.69) is 37.2 Å². The molecular weight excluding hydrogens is 494 g/mol. The zero-order valence-corrected chi connectivity index (χ0v) is 22.2. The third-order valence-electron chi connectivity index (χ3n) is 7.20. The van der Waals surface area contributed by atoms with Crippen molar-refractivity contribution in [3.05, 3.63) is 72.1 Å². The van der Waals surface area contributed by atoms with Gasteiger partial charge in [-0.1, -0.05) is 12.1 Å². The molecule has 1 aromatic carbocycles. The van der Waals surface area contributed by atoms with E-state index in [1.165, 1.54) is 0 Å². The number of nitrogens with two attached hydrogens (primary N) is 1. The first kappa shape index (κ1) is 26.0. The van der Waals surface area contributed by atoms with E-state index in [0.29, 0.717) is 29.3 Å². The fraction of sp³-hybridized carbons (Fsp3) is 0.321. The van der Waals surface area contributed by atoms with E-state index < -0.39 is 5.91 Å². The molecule has 1 fully saturated rings. The SMILES string of the molecule is Cc1cc(-c2ncccn2)ccc1C(=O)C[C@@H]1CCCN(c2cnc(C(N)=O)c(Nc3cnn(C)c3)n2)[C@@H]1C. The molecule has 1 saturated heterocycles. The second-order valence-corrected chi connectivity index (χ2v) is 9.88. The van der Waals surface area contributed by atoms with Crippen molar-refractivity contribution in [3.8, 4) is 11.4 Å². The van der Waals surface area contributed by atoms with Gasteiger partial charge >= 0.3 is 0 Å². The largest absolute Gasteiger partial charge is 0.364 e. The molecule has 11 heteroatoms. The lowest BCUT2D eigenvalue weighted by Gasteiger charge is -2.40. The van der Waals surface area contributed by atoms with E-state index in [9.17, 15) is 9.59 Å². The number of piperidine rings is 1. The summed E-state index contributed by atoms with van der Waals surface area (Å²) < 4.78 is 1.64. The minimum atomic E-state index is -0.671. The average molecular weight is 526 g/mol. The van der Waals surface area contributed by atoms with Crippen LogP contribution in [0.5, 0.6) is 0 Å². The zero-order chi connectivity index (χ0) is 27.5. The van der Waals surface area contributed by atoms with Crippen LogP contribution < -0.4 is 16.0 Å². The number of carbonyl (C=O) groups excluding carboxylic acids is 2. The van der Waals surface area contributed by atoms with Crippen LogP contribution in [0, 0.1) is 12.8 Å². The Labute approximate surface area is 226 Å². The number of primary amides is 1. The highest BCUT2D eigenvalue weighted by Gasteiger charge is 2.31. The second-order valence-electron chi connectivity index (χ2n) is 9.88. The lowest BCUT2D eigenvalue weighted by Crippen LogP contribution is -2.44. The molecule has 3 aromatic heterocycles. The van der Waals surface area contributed by atoms with Gasteiger partial charge in [-0.2, -0.15) is 5.10 Å². The van der Waals surface area contributed by atoms with Crippen molar-refractivity contribution < 1.29 is 9.59 Å². The normalized spacial score (nSPS) is 17.2. The molecule has 4 aromatic rings. The average Bonchev–Trinajstić information content (AvgIpc) is 3.34. The first-order chi connectivity index (χ1) is 18.8. The van der Waals surface area contributed by atoms with Gasteiger partial charge in [0.05, 0.1) is 18.1 Å². The molecule has 4 heterocycles. The lowest BCUT2D eigenvalue weighted by molar-refractivity contribution is 0.0944. The Morgan fingerprint density at radius 2 is 1.95 bits per heavy atom. The number of Topliss-reactive ketones (excluding diaryl/α,β-unsaturated/α-hetero) is 1. The number of hydrogen-bond donors (Lipinski definition) is 2. The van der Waals surface area contributed by atoms with Crippen molar-refractivity contribution in [1.82, 2.24) is 29.7 Å². The summed E-state index contributed by atoms with van der Waals surface area (Å²) in [5, 5.41) is 7.25. The fourth-order valence-electron chi connectivity index (χ4n) is 5.14. The van der Waals surface area contributed by atoms with Crippen LogP contribution in [0.15, 0.2) is 55.2 Å². The monoisotopic (exact) mass is 525 g/mol. The third kappa shape index (κ3) is 5.62. The first-order valence-corrected chi connectivity index (χ1v) is 12.9. The van der Waals surface area contributed by atoms with E-state index >= 15 is 0 Å². The van der Waals surface area contributed by atoms with Crippen LogP contribution in [0.2, 0.25) is 0 Å². The number of nitrogens with one attached hydrogen (secondary N) is 1. The second kappa shape index (κ2) is 11.0. The third-order valence-corrected chi connectivity index (χ3v) is 7.20. The standard InChI is InChI=1S/C28H31N9O2/c1-17-12-20(27-30-9-5-10-31-27)7-8-22(17)23(38)13-19-6-4-11-37(18(19)2)24-15-32-25(26(29)39)28(35-24)34-21-14-33-36(3)16-21/h5,7-10,12,14-16,18-19H,4,6,11,13H2,1-3H3,(H2,29,39)(H,34,35)/t18-,19+/m1/s1. The van der Waals surface area contributed by atoms with E-state index in [0.717, 1.165) is 30.5 Å². The van der Waals surface area contributed by atoms with Crippen LogP contribution in [0.25, 0.3) is 11.4 Å². The van der Waals surface area contributed by atoms with Gasteiger partial charge in [-0.3, -0.25) is 14.3 Å². The quantitative estimate of drug-likeness (QED) is 0.329. The maximum Gasteiger partial charge on any atom is 0.271 e. The molecule has 0 aliphatic carbocycles. The van der Waals surface area contributed by atoms with Crippen molar-refractivity contribution in [2.75, 3.05) is 16.8 Å². The zero-order valence-electron chi connectivity index (χ0n) is 22.2. The van der Waals surface area contributed by atoms with E-state index in [-0.39, 0.29) is 29.3 Å². The molecule has 0 radical (unpaired) electrons. The van der Waals surface area contributed by atoms with Gasteiger partial charge in [0.15, 0.2) is 23.1 Å². The lowest BCUT2D eigenvalue weighted by atomic mass is 9.84. The van der Waals surface area contributed by atoms with Gasteiger partial charge < -0.3 is 16.0 Å². The summed E-state index contributed by atoms with van der Waals surface area (Å²) in [6.45, 7) is 4.83. The Bertz CT molecular complexity index is 1500. The number of amides is 1. The molecule has 3 N–H and O–H groups in total. The van der Waals surface area contributed by atoms with Gasteiger partial charge in [-0.25, -0.2) is 19.9 Å². The van der Waals surface area contributed by atoms with Crippen molar-refractivity contribution in [2.45, 2.75) is 39.2 Å². The van der Waals surface area contributed by atoms with Gasteiger partial charge in [-0.05, 0) is 50.3 Å². The van der Waals surface area contributed by atoms with Gasteiger partial charge in [-0.15, -0.1) is 0 Å². The molecule has 0 saturated carbocycles. The predicted molar refractivity (Wildman–Crippen MR) is 148 cm³/mol. The van der Waals surface area contributed by atoms with Crippen molar-refractivity contribution >= 4 is 29.0 Å². The van der Waals surface area contributed by atoms with Gasteiger partial charge in [0, 0.05) is 55.8 Å². The highest BCUT2D eigenvalue weighted by Crippen LogP contribution is 2.32. The summed E-state index contributed by atoms with van der Waals surface area (Å²) >= 11 is 0. The molecule has 0 spiro atoms. The highest BCUT2D eigenvalue weighted by molar-refractivity contribution is 5.98. The molecule has 11 nitrogen and oxygen atoms in total. The topological polar surface area (TPSA) is 145 Å². The number of rotatable bonds is 8. The molecule has 39 heavy (non-hydrogen) atoms. The number of carbonyl (C=O) groups is 2.